The van der Waals surface area contributed by atoms with Gasteiger partial charge in [-0.2, -0.15) is 0 Å². The van der Waals surface area contributed by atoms with Gasteiger partial charge in [0.15, 0.2) is 0 Å². The Morgan fingerprint density at radius 1 is 1.12 bits per heavy atom. The highest BCUT2D eigenvalue weighted by Crippen LogP contribution is 2.18. The molecule has 0 aromatic carbocycles. The average Bonchev–Trinajstić information content (AvgIpc) is 2.27. The van der Waals surface area contributed by atoms with E-state index in [-0.39, 0.29) is 0 Å². The minimum absolute atomic E-state index is 0.782. The smallest absolute Gasteiger partial charge is 0.0200 e. The summed E-state index contributed by atoms with van der Waals surface area (Å²) in [4.78, 5) is 2.48. The molecule has 0 aliphatic carbocycles. The van der Waals surface area contributed by atoms with E-state index in [1.165, 1.54) is 31.5 Å². The van der Waals surface area contributed by atoms with Gasteiger partial charge in [-0.25, -0.2) is 0 Å². The number of hydrogen-bond donors (Lipinski definition) is 0. The molecular formula is C15H31N. The largest absolute Gasteiger partial charge is 0.375 e. The zero-order valence-electron chi connectivity index (χ0n) is 12.1. The molecule has 16 heavy (non-hydrogen) atoms. The van der Waals surface area contributed by atoms with Crippen LogP contribution in [-0.4, -0.2) is 18.0 Å². The van der Waals surface area contributed by atoms with Crippen molar-refractivity contribution in [3.63, 3.8) is 0 Å². The Bertz CT molecular complexity index is 186. The molecule has 0 saturated heterocycles. The highest BCUT2D eigenvalue weighted by Gasteiger charge is 2.12. The molecule has 0 aliphatic rings. The molecule has 0 N–H and O–H groups in total. The normalized spacial score (nSPS) is 14.6. The van der Waals surface area contributed by atoms with Gasteiger partial charge in [-0.1, -0.05) is 47.6 Å². The molecular weight excluding hydrogens is 194 g/mol. The van der Waals surface area contributed by atoms with Crippen LogP contribution in [0.15, 0.2) is 12.3 Å². The summed E-state index contributed by atoms with van der Waals surface area (Å²) in [7, 11) is 0. The molecule has 0 bridgehead atoms. The zero-order chi connectivity index (χ0) is 12.6. The van der Waals surface area contributed by atoms with Crippen LogP contribution in [-0.2, 0) is 0 Å². The second kappa shape index (κ2) is 8.66. The minimum Gasteiger partial charge on any atom is -0.375 e. The van der Waals surface area contributed by atoms with E-state index in [1.807, 2.05) is 0 Å². The minimum atomic E-state index is 0.782. The van der Waals surface area contributed by atoms with Crippen molar-refractivity contribution in [1.29, 1.82) is 0 Å². The molecule has 0 saturated carbocycles. The van der Waals surface area contributed by atoms with E-state index in [0.29, 0.717) is 0 Å². The lowest BCUT2D eigenvalue weighted by Gasteiger charge is -2.29. The van der Waals surface area contributed by atoms with E-state index in [1.54, 1.807) is 0 Å². The number of hydrogen-bond acceptors (Lipinski definition) is 1. The van der Waals surface area contributed by atoms with E-state index >= 15 is 0 Å². The van der Waals surface area contributed by atoms with Crippen LogP contribution in [0.1, 0.15) is 60.3 Å². The molecule has 0 amide bonds. The molecule has 2 unspecified atom stereocenters. The fourth-order valence-corrected chi connectivity index (χ4v) is 2.18. The Labute approximate surface area is 103 Å². The van der Waals surface area contributed by atoms with E-state index in [9.17, 15) is 0 Å². The lowest BCUT2D eigenvalue weighted by atomic mass is 9.95. The van der Waals surface area contributed by atoms with Gasteiger partial charge < -0.3 is 4.90 Å². The predicted molar refractivity (Wildman–Crippen MR) is 74.5 cm³/mol. The molecule has 0 fully saturated rings. The first-order valence-corrected chi connectivity index (χ1v) is 6.97. The molecule has 0 spiro atoms. The van der Waals surface area contributed by atoms with Crippen molar-refractivity contribution in [3.05, 3.63) is 12.3 Å². The first-order valence-electron chi connectivity index (χ1n) is 6.97. The van der Waals surface area contributed by atoms with Crippen LogP contribution in [0.5, 0.6) is 0 Å². The van der Waals surface area contributed by atoms with Crippen molar-refractivity contribution in [3.8, 4) is 0 Å². The summed E-state index contributed by atoms with van der Waals surface area (Å²) < 4.78 is 0. The number of rotatable bonds is 9. The summed E-state index contributed by atoms with van der Waals surface area (Å²) in [5, 5.41) is 0. The summed E-state index contributed by atoms with van der Waals surface area (Å²) >= 11 is 0. The molecule has 2 atom stereocenters. The highest BCUT2D eigenvalue weighted by molar-refractivity contribution is 4.92. The number of nitrogens with zero attached hydrogens (tertiary/aromatic N) is 1. The maximum absolute atomic E-state index is 4.17. The van der Waals surface area contributed by atoms with Gasteiger partial charge in [0.2, 0.25) is 0 Å². The summed E-state index contributed by atoms with van der Waals surface area (Å²) in [6.07, 6.45) is 4.94. The first kappa shape index (κ1) is 15.5. The highest BCUT2D eigenvalue weighted by atomic mass is 15.1. The lowest BCUT2D eigenvalue weighted by Crippen LogP contribution is -2.29. The molecule has 0 aromatic rings. The SMILES string of the molecule is C=C(CC)N(CCC)CC(C)CC(C)CC. The van der Waals surface area contributed by atoms with E-state index in [0.717, 1.165) is 24.8 Å². The maximum Gasteiger partial charge on any atom is 0.0200 e. The Morgan fingerprint density at radius 3 is 2.19 bits per heavy atom. The molecule has 1 nitrogen and oxygen atoms in total. The molecule has 96 valence electrons. The van der Waals surface area contributed by atoms with Crippen LogP contribution < -0.4 is 0 Å². The molecule has 0 aromatic heterocycles. The molecule has 0 heterocycles. The lowest BCUT2D eigenvalue weighted by molar-refractivity contribution is 0.262. The van der Waals surface area contributed by atoms with Crippen LogP contribution in [0.4, 0.5) is 0 Å². The van der Waals surface area contributed by atoms with E-state index in [4.69, 9.17) is 0 Å². The van der Waals surface area contributed by atoms with Crippen molar-refractivity contribution in [2.75, 3.05) is 13.1 Å². The van der Waals surface area contributed by atoms with Crippen LogP contribution in [0, 0.1) is 11.8 Å². The van der Waals surface area contributed by atoms with Gasteiger partial charge in [0.25, 0.3) is 0 Å². The molecule has 0 rings (SSSR count). The van der Waals surface area contributed by atoms with Crippen molar-refractivity contribution in [2.24, 2.45) is 11.8 Å². The Balaban J connectivity index is 4.11. The third-order valence-electron chi connectivity index (χ3n) is 3.38. The second-order valence-corrected chi connectivity index (χ2v) is 5.22. The average molecular weight is 225 g/mol. The van der Waals surface area contributed by atoms with Gasteiger partial charge in [0, 0.05) is 18.8 Å². The fraction of sp³-hybridized carbons (Fsp3) is 0.867. The van der Waals surface area contributed by atoms with Crippen LogP contribution in [0.25, 0.3) is 0 Å². The summed E-state index contributed by atoms with van der Waals surface area (Å²) in [5.41, 5.74) is 1.30. The van der Waals surface area contributed by atoms with Crippen molar-refractivity contribution >= 4 is 0 Å². The van der Waals surface area contributed by atoms with E-state index in [2.05, 4.69) is 46.1 Å². The third kappa shape index (κ3) is 6.19. The Kier molecular flexibility index (Phi) is 8.42. The van der Waals surface area contributed by atoms with Gasteiger partial charge in [0.1, 0.15) is 0 Å². The summed E-state index contributed by atoms with van der Waals surface area (Å²) in [5.74, 6) is 1.64. The first-order chi connectivity index (χ1) is 7.54. The summed E-state index contributed by atoms with van der Waals surface area (Å²) in [6, 6.07) is 0. The number of allylic oxidation sites excluding steroid dienone is 1. The van der Waals surface area contributed by atoms with Crippen molar-refractivity contribution in [1.82, 2.24) is 4.90 Å². The second-order valence-electron chi connectivity index (χ2n) is 5.22. The van der Waals surface area contributed by atoms with E-state index < -0.39 is 0 Å². The summed E-state index contributed by atoms with van der Waals surface area (Å²) in [6.45, 7) is 18.0. The topological polar surface area (TPSA) is 3.24 Å². The van der Waals surface area contributed by atoms with Gasteiger partial charge in [0.05, 0.1) is 0 Å². The zero-order valence-corrected chi connectivity index (χ0v) is 12.1. The standard InChI is InChI=1S/C15H31N/c1-7-10-16(15(6)9-3)12-14(5)11-13(4)8-2/h13-14H,6-12H2,1-5H3. The molecule has 0 radical (unpaired) electrons. The van der Waals surface area contributed by atoms with Gasteiger partial charge in [-0.05, 0) is 31.1 Å². The van der Waals surface area contributed by atoms with Crippen LogP contribution >= 0.6 is 0 Å². The van der Waals surface area contributed by atoms with Crippen molar-refractivity contribution < 1.29 is 0 Å². The maximum atomic E-state index is 4.17. The monoisotopic (exact) mass is 225 g/mol. The molecule has 1 heteroatoms. The Morgan fingerprint density at radius 2 is 1.75 bits per heavy atom. The quantitative estimate of drug-likeness (QED) is 0.550. The van der Waals surface area contributed by atoms with Gasteiger partial charge in [-0.3, -0.25) is 0 Å². The molecule has 0 aliphatic heterocycles. The third-order valence-corrected chi connectivity index (χ3v) is 3.38. The van der Waals surface area contributed by atoms with Gasteiger partial charge in [-0.15, -0.1) is 0 Å². The van der Waals surface area contributed by atoms with Crippen LogP contribution in [0.3, 0.4) is 0 Å². The van der Waals surface area contributed by atoms with Crippen molar-refractivity contribution in [2.45, 2.75) is 60.3 Å². The van der Waals surface area contributed by atoms with Gasteiger partial charge >= 0.3 is 0 Å². The predicted octanol–water partition coefficient (Wildman–Crippen LogP) is 4.69. The van der Waals surface area contributed by atoms with Crippen LogP contribution in [0.2, 0.25) is 0 Å². The fourth-order valence-electron chi connectivity index (χ4n) is 2.18. The Hall–Kier alpha value is -0.460.